The maximum Gasteiger partial charge on any atom is 0.338 e. The van der Waals surface area contributed by atoms with Crippen LogP contribution >= 0.6 is 0 Å². The number of hydrogen-bond acceptors (Lipinski definition) is 3. The van der Waals surface area contributed by atoms with Crippen LogP contribution in [0.4, 0.5) is 0 Å². The summed E-state index contributed by atoms with van der Waals surface area (Å²) in [6.07, 6.45) is 3.07. The molecule has 0 bridgehead atoms. The monoisotopic (exact) mass is 358 g/mol. The van der Waals surface area contributed by atoms with Crippen molar-refractivity contribution in [1.82, 2.24) is 0 Å². The largest absolute Gasteiger partial charge is 0.460 e. The summed E-state index contributed by atoms with van der Waals surface area (Å²) in [7, 11) is 0. The zero-order valence-corrected chi connectivity index (χ0v) is 15.2. The summed E-state index contributed by atoms with van der Waals surface area (Å²) in [5.41, 5.74) is 7.40. The van der Waals surface area contributed by atoms with Crippen LogP contribution in [-0.4, -0.2) is 24.3 Å². The maximum atomic E-state index is 12.8. The van der Waals surface area contributed by atoms with Crippen LogP contribution in [0.1, 0.15) is 27.9 Å². The zero-order chi connectivity index (χ0) is 18.6. The molecule has 3 heteroatoms. The van der Waals surface area contributed by atoms with E-state index in [2.05, 4.69) is 12.1 Å². The van der Waals surface area contributed by atoms with Crippen molar-refractivity contribution >= 4 is 5.97 Å². The van der Waals surface area contributed by atoms with Crippen molar-refractivity contribution in [3.8, 4) is 22.3 Å². The Bertz CT molecular complexity index is 946. The van der Waals surface area contributed by atoms with Crippen molar-refractivity contribution in [2.75, 3.05) is 13.2 Å². The van der Waals surface area contributed by atoms with Gasteiger partial charge in [-0.1, -0.05) is 60.7 Å². The van der Waals surface area contributed by atoms with E-state index in [4.69, 9.17) is 9.84 Å². The first-order valence-corrected chi connectivity index (χ1v) is 9.37. The van der Waals surface area contributed by atoms with Gasteiger partial charge in [-0.15, -0.1) is 0 Å². The third-order valence-electron chi connectivity index (χ3n) is 5.09. The van der Waals surface area contributed by atoms with Crippen LogP contribution in [0.5, 0.6) is 0 Å². The van der Waals surface area contributed by atoms with Gasteiger partial charge in [-0.2, -0.15) is 0 Å². The number of aliphatic hydroxyl groups excluding tert-OH is 1. The SMILES string of the molecule is O=C(OCCO)c1cc(-c2ccccc2)c2c(c1-c1ccccc1)CCC2. The maximum absolute atomic E-state index is 12.8. The summed E-state index contributed by atoms with van der Waals surface area (Å²) in [4.78, 5) is 12.8. The van der Waals surface area contributed by atoms with Crippen molar-refractivity contribution in [2.24, 2.45) is 0 Å². The second-order valence-corrected chi connectivity index (χ2v) is 6.75. The molecule has 1 N–H and O–H groups in total. The molecule has 0 aliphatic heterocycles. The Kier molecular flexibility index (Phi) is 5.03. The highest BCUT2D eigenvalue weighted by molar-refractivity contribution is 6.01. The molecule has 0 fully saturated rings. The predicted molar refractivity (Wildman–Crippen MR) is 107 cm³/mol. The topological polar surface area (TPSA) is 46.5 Å². The number of aliphatic hydroxyl groups is 1. The number of rotatable bonds is 5. The lowest BCUT2D eigenvalue weighted by Gasteiger charge is -2.18. The minimum atomic E-state index is -0.380. The predicted octanol–water partition coefficient (Wildman–Crippen LogP) is 4.66. The zero-order valence-electron chi connectivity index (χ0n) is 15.2. The van der Waals surface area contributed by atoms with E-state index in [1.54, 1.807) is 0 Å². The fraction of sp³-hybridized carbons (Fsp3) is 0.208. The van der Waals surface area contributed by atoms with Gasteiger partial charge in [0.15, 0.2) is 0 Å². The van der Waals surface area contributed by atoms with Crippen molar-refractivity contribution < 1.29 is 14.6 Å². The normalized spacial score (nSPS) is 12.6. The van der Waals surface area contributed by atoms with Crippen molar-refractivity contribution in [2.45, 2.75) is 19.3 Å². The first-order chi connectivity index (χ1) is 13.3. The Morgan fingerprint density at radius 3 is 2.19 bits per heavy atom. The highest BCUT2D eigenvalue weighted by atomic mass is 16.5. The van der Waals surface area contributed by atoms with Gasteiger partial charge in [0.1, 0.15) is 6.61 Å². The quantitative estimate of drug-likeness (QED) is 0.675. The second kappa shape index (κ2) is 7.77. The van der Waals surface area contributed by atoms with Crippen LogP contribution in [0.3, 0.4) is 0 Å². The van der Waals surface area contributed by atoms with E-state index in [1.807, 2.05) is 54.6 Å². The van der Waals surface area contributed by atoms with Crippen LogP contribution < -0.4 is 0 Å². The van der Waals surface area contributed by atoms with E-state index in [0.29, 0.717) is 5.56 Å². The number of hydrogen-bond donors (Lipinski definition) is 1. The lowest BCUT2D eigenvalue weighted by atomic mass is 9.87. The van der Waals surface area contributed by atoms with E-state index in [9.17, 15) is 4.79 Å². The third kappa shape index (κ3) is 3.38. The van der Waals surface area contributed by atoms with Crippen LogP contribution in [0.2, 0.25) is 0 Å². The van der Waals surface area contributed by atoms with Crippen molar-refractivity contribution in [3.05, 3.63) is 83.4 Å². The fourth-order valence-corrected chi connectivity index (χ4v) is 3.97. The van der Waals surface area contributed by atoms with Gasteiger partial charge in [0.25, 0.3) is 0 Å². The fourth-order valence-electron chi connectivity index (χ4n) is 3.97. The molecule has 0 unspecified atom stereocenters. The van der Waals surface area contributed by atoms with Gasteiger partial charge in [-0.25, -0.2) is 4.79 Å². The lowest BCUT2D eigenvalue weighted by molar-refractivity contribution is 0.0434. The third-order valence-corrected chi connectivity index (χ3v) is 5.09. The van der Waals surface area contributed by atoms with E-state index in [1.165, 1.54) is 11.1 Å². The molecule has 0 saturated carbocycles. The Morgan fingerprint density at radius 2 is 1.52 bits per heavy atom. The number of ether oxygens (including phenoxy) is 1. The molecular weight excluding hydrogens is 336 g/mol. The van der Waals surface area contributed by atoms with Crippen molar-refractivity contribution in [1.29, 1.82) is 0 Å². The van der Waals surface area contributed by atoms with Gasteiger partial charge in [-0.05, 0) is 58.7 Å². The molecule has 136 valence electrons. The van der Waals surface area contributed by atoms with Crippen LogP contribution in [0, 0.1) is 0 Å². The molecule has 3 aromatic carbocycles. The summed E-state index contributed by atoms with van der Waals surface area (Å²) in [5, 5.41) is 9.06. The minimum Gasteiger partial charge on any atom is -0.460 e. The summed E-state index contributed by atoms with van der Waals surface area (Å²) < 4.78 is 5.30. The van der Waals surface area contributed by atoms with Crippen LogP contribution in [-0.2, 0) is 17.6 Å². The Hall–Kier alpha value is -2.91. The molecule has 0 saturated heterocycles. The summed E-state index contributed by atoms with van der Waals surface area (Å²) in [6.45, 7) is -0.173. The van der Waals surface area contributed by atoms with E-state index < -0.39 is 0 Å². The highest BCUT2D eigenvalue weighted by Crippen LogP contribution is 2.41. The number of carbonyl (C=O) groups excluding carboxylic acids is 1. The van der Waals surface area contributed by atoms with E-state index >= 15 is 0 Å². The van der Waals surface area contributed by atoms with Gasteiger partial charge >= 0.3 is 5.97 Å². The Labute approximate surface area is 159 Å². The molecule has 27 heavy (non-hydrogen) atoms. The average molecular weight is 358 g/mol. The standard InChI is InChI=1S/C24H22O3/c25-14-15-27-24(26)22-16-21(17-8-3-1-4-9-17)19-12-7-13-20(19)23(22)18-10-5-2-6-11-18/h1-6,8-11,16,25H,7,12-15H2. The summed E-state index contributed by atoms with van der Waals surface area (Å²) in [5.74, 6) is -0.380. The van der Waals surface area contributed by atoms with Gasteiger partial charge in [0, 0.05) is 0 Å². The molecule has 3 nitrogen and oxygen atoms in total. The number of esters is 1. The molecule has 0 radical (unpaired) electrons. The van der Waals surface area contributed by atoms with Gasteiger partial charge < -0.3 is 9.84 Å². The molecule has 0 spiro atoms. The molecule has 3 aromatic rings. The molecular formula is C24H22O3. The molecule has 0 amide bonds. The molecule has 0 atom stereocenters. The first kappa shape index (κ1) is 17.5. The summed E-state index contributed by atoms with van der Waals surface area (Å²) >= 11 is 0. The average Bonchev–Trinajstić information content (AvgIpc) is 3.21. The highest BCUT2D eigenvalue weighted by Gasteiger charge is 2.26. The van der Waals surface area contributed by atoms with Gasteiger partial charge in [0.05, 0.1) is 12.2 Å². The smallest absolute Gasteiger partial charge is 0.338 e. The van der Waals surface area contributed by atoms with E-state index in [0.717, 1.165) is 41.5 Å². The molecule has 1 aliphatic rings. The molecule has 4 rings (SSSR count). The van der Waals surface area contributed by atoms with Crippen molar-refractivity contribution in [3.63, 3.8) is 0 Å². The first-order valence-electron chi connectivity index (χ1n) is 9.37. The van der Waals surface area contributed by atoms with Gasteiger partial charge in [0.2, 0.25) is 0 Å². The Balaban J connectivity index is 1.95. The van der Waals surface area contributed by atoms with Crippen LogP contribution in [0.25, 0.3) is 22.3 Å². The Morgan fingerprint density at radius 1 is 0.889 bits per heavy atom. The molecule has 1 aliphatic carbocycles. The minimum absolute atomic E-state index is 0.00478. The second-order valence-electron chi connectivity index (χ2n) is 6.75. The number of benzene rings is 3. The molecule has 0 heterocycles. The lowest BCUT2D eigenvalue weighted by Crippen LogP contribution is -2.12. The van der Waals surface area contributed by atoms with E-state index in [-0.39, 0.29) is 19.2 Å². The van der Waals surface area contributed by atoms with Gasteiger partial charge in [-0.3, -0.25) is 0 Å². The summed E-state index contributed by atoms with van der Waals surface area (Å²) in [6, 6.07) is 22.2. The number of carbonyl (C=O) groups is 1. The number of fused-ring (bicyclic) bond motifs is 1. The van der Waals surface area contributed by atoms with Crippen LogP contribution in [0.15, 0.2) is 66.7 Å². The molecule has 0 aromatic heterocycles.